The Bertz CT molecular complexity index is 140. The van der Waals surface area contributed by atoms with Crippen LogP contribution in [0.4, 0.5) is 0 Å². The summed E-state index contributed by atoms with van der Waals surface area (Å²) < 4.78 is 0. The van der Waals surface area contributed by atoms with E-state index in [-0.39, 0.29) is 5.91 Å². The summed E-state index contributed by atoms with van der Waals surface area (Å²) in [6.45, 7) is 1.67. The molecule has 0 atom stereocenters. The minimum absolute atomic E-state index is 0.177. The average molecular weight is 204 g/mol. The Labute approximate surface area is 85.3 Å². The first-order chi connectivity index (χ1) is 6.16. The van der Waals surface area contributed by atoms with Gasteiger partial charge in [-0.15, -0.1) is 0 Å². The van der Waals surface area contributed by atoms with Gasteiger partial charge in [0.15, 0.2) is 0 Å². The van der Waals surface area contributed by atoms with E-state index in [0.29, 0.717) is 6.42 Å². The maximum atomic E-state index is 11.2. The van der Waals surface area contributed by atoms with Crippen molar-refractivity contribution in [2.24, 2.45) is 0 Å². The minimum Gasteiger partial charge on any atom is -0.355 e. The van der Waals surface area contributed by atoms with E-state index < -0.39 is 0 Å². The van der Waals surface area contributed by atoms with E-state index in [1.165, 1.54) is 0 Å². The summed E-state index contributed by atoms with van der Waals surface area (Å²) in [4.78, 5) is 13.2. The van der Waals surface area contributed by atoms with Gasteiger partial charge in [-0.1, -0.05) is 0 Å². The van der Waals surface area contributed by atoms with Gasteiger partial charge in [0.05, 0.1) is 0 Å². The van der Waals surface area contributed by atoms with Gasteiger partial charge in [-0.3, -0.25) is 4.79 Å². The average Bonchev–Trinajstić information content (AvgIpc) is 2.04. The standard InChI is InChI=1S/C9H20N2OS/c1-11(2)7-6-10-9(12)5-4-8-13-3/h4-8H2,1-3H3,(H,10,12). The monoisotopic (exact) mass is 204 g/mol. The van der Waals surface area contributed by atoms with Gasteiger partial charge in [0.2, 0.25) is 5.91 Å². The molecule has 0 aliphatic rings. The van der Waals surface area contributed by atoms with E-state index in [1.807, 2.05) is 14.1 Å². The fraction of sp³-hybridized carbons (Fsp3) is 0.889. The van der Waals surface area contributed by atoms with Crippen molar-refractivity contribution in [1.82, 2.24) is 10.2 Å². The van der Waals surface area contributed by atoms with Crippen molar-refractivity contribution in [2.75, 3.05) is 39.2 Å². The molecule has 0 fully saturated rings. The predicted octanol–water partition coefficient (Wildman–Crippen LogP) is 0.807. The highest BCUT2D eigenvalue weighted by molar-refractivity contribution is 7.98. The number of hydrogen-bond acceptors (Lipinski definition) is 3. The first kappa shape index (κ1) is 12.8. The number of hydrogen-bond donors (Lipinski definition) is 1. The summed E-state index contributed by atoms with van der Waals surface area (Å²) >= 11 is 1.78. The lowest BCUT2D eigenvalue weighted by Crippen LogP contribution is -2.31. The zero-order valence-corrected chi connectivity index (χ0v) is 9.62. The van der Waals surface area contributed by atoms with Crippen molar-refractivity contribution in [2.45, 2.75) is 12.8 Å². The number of nitrogens with one attached hydrogen (secondary N) is 1. The Morgan fingerprint density at radius 1 is 1.46 bits per heavy atom. The zero-order valence-electron chi connectivity index (χ0n) is 8.80. The number of nitrogens with zero attached hydrogens (tertiary/aromatic N) is 1. The number of carbonyl (C=O) groups is 1. The molecule has 78 valence electrons. The van der Waals surface area contributed by atoms with Crippen LogP contribution in [0.25, 0.3) is 0 Å². The van der Waals surface area contributed by atoms with Gasteiger partial charge in [-0.05, 0) is 32.5 Å². The van der Waals surface area contributed by atoms with E-state index in [4.69, 9.17) is 0 Å². The molecule has 0 aliphatic heterocycles. The molecule has 0 aromatic carbocycles. The zero-order chi connectivity index (χ0) is 10.1. The van der Waals surface area contributed by atoms with Crippen LogP contribution in [0.1, 0.15) is 12.8 Å². The van der Waals surface area contributed by atoms with Crippen LogP contribution in [-0.4, -0.2) is 50.0 Å². The summed E-state index contributed by atoms with van der Waals surface area (Å²) in [5.41, 5.74) is 0. The Balaban J connectivity index is 3.20. The third-order valence-electron chi connectivity index (χ3n) is 1.63. The van der Waals surface area contributed by atoms with Gasteiger partial charge in [-0.25, -0.2) is 0 Å². The fourth-order valence-corrected chi connectivity index (χ4v) is 1.32. The molecule has 0 aromatic rings. The lowest BCUT2D eigenvalue weighted by molar-refractivity contribution is -0.121. The molecule has 0 saturated carbocycles. The molecule has 0 radical (unpaired) electrons. The Morgan fingerprint density at radius 3 is 2.69 bits per heavy atom. The highest BCUT2D eigenvalue weighted by Crippen LogP contribution is 1.98. The van der Waals surface area contributed by atoms with Gasteiger partial charge in [-0.2, -0.15) is 11.8 Å². The van der Waals surface area contributed by atoms with Crippen LogP contribution < -0.4 is 5.32 Å². The van der Waals surface area contributed by atoms with Crippen molar-refractivity contribution in [3.05, 3.63) is 0 Å². The molecule has 0 bridgehead atoms. The Hall–Kier alpha value is -0.220. The van der Waals surface area contributed by atoms with Gasteiger partial charge in [0.25, 0.3) is 0 Å². The molecule has 0 aliphatic carbocycles. The fourth-order valence-electron chi connectivity index (χ4n) is 0.884. The molecule has 0 rings (SSSR count). The second-order valence-electron chi connectivity index (χ2n) is 3.25. The topological polar surface area (TPSA) is 32.3 Å². The summed E-state index contributed by atoms with van der Waals surface area (Å²) in [5, 5.41) is 2.88. The number of likely N-dealkylation sites (N-methyl/N-ethyl adjacent to an activating group) is 1. The van der Waals surface area contributed by atoms with Crippen molar-refractivity contribution in [3.63, 3.8) is 0 Å². The number of rotatable bonds is 7. The summed E-state index contributed by atoms with van der Waals surface area (Å²) in [6.07, 6.45) is 3.70. The van der Waals surface area contributed by atoms with Crippen LogP contribution >= 0.6 is 11.8 Å². The van der Waals surface area contributed by atoms with Gasteiger partial charge < -0.3 is 10.2 Å². The maximum absolute atomic E-state index is 11.2. The van der Waals surface area contributed by atoms with Crippen molar-refractivity contribution in [1.29, 1.82) is 0 Å². The molecule has 0 aromatic heterocycles. The quantitative estimate of drug-likeness (QED) is 0.623. The van der Waals surface area contributed by atoms with Crippen molar-refractivity contribution >= 4 is 17.7 Å². The SMILES string of the molecule is CSCCCC(=O)NCCN(C)C. The van der Waals surface area contributed by atoms with Gasteiger partial charge in [0, 0.05) is 19.5 Å². The van der Waals surface area contributed by atoms with Crippen LogP contribution in [0.2, 0.25) is 0 Å². The third kappa shape index (κ3) is 9.70. The van der Waals surface area contributed by atoms with Crippen LogP contribution in [0, 0.1) is 0 Å². The van der Waals surface area contributed by atoms with Gasteiger partial charge >= 0.3 is 0 Å². The van der Waals surface area contributed by atoms with Crippen molar-refractivity contribution < 1.29 is 4.79 Å². The lowest BCUT2D eigenvalue weighted by atomic mass is 10.3. The molecule has 0 heterocycles. The van der Waals surface area contributed by atoms with Crippen LogP contribution in [0.15, 0.2) is 0 Å². The van der Waals surface area contributed by atoms with E-state index in [2.05, 4.69) is 16.5 Å². The first-order valence-electron chi connectivity index (χ1n) is 4.57. The highest BCUT2D eigenvalue weighted by atomic mass is 32.2. The van der Waals surface area contributed by atoms with Crippen LogP contribution in [0.3, 0.4) is 0 Å². The second-order valence-corrected chi connectivity index (χ2v) is 4.24. The molecule has 1 N–H and O–H groups in total. The molecule has 13 heavy (non-hydrogen) atoms. The molecule has 1 amide bonds. The molecule has 0 saturated heterocycles. The number of thioether (sulfide) groups is 1. The third-order valence-corrected chi connectivity index (χ3v) is 2.33. The lowest BCUT2D eigenvalue weighted by Gasteiger charge is -2.09. The van der Waals surface area contributed by atoms with Gasteiger partial charge in [0.1, 0.15) is 0 Å². The molecular formula is C9H20N2OS. The van der Waals surface area contributed by atoms with E-state index in [1.54, 1.807) is 11.8 Å². The molecule has 0 unspecified atom stereocenters. The molecular weight excluding hydrogens is 184 g/mol. The van der Waals surface area contributed by atoms with E-state index in [9.17, 15) is 4.79 Å². The van der Waals surface area contributed by atoms with E-state index in [0.717, 1.165) is 25.3 Å². The Morgan fingerprint density at radius 2 is 2.15 bits per heavy atom. The number of carbonyl (C=O) groups excluding carboxylic acids is 1. The highest BCUT2D eigenvalue weighted by Gasteiger charge is 1.99. The summed E-state index contributed by atoms with van der Waals surface area (Å²) in [5.74, 6) is 1.25. The predicted molar refractivity (Wildman–Crippen MR) is 59.2 cm³/mol. The molecule has 0 spiro atoms. The smallest absolute Gasteiger partial charge is 0.220 e. The number of amides is 1. The first-order valence-corrected chi connectivity index (χ1v) is 5.96. The summed E-state index contributed by atoms with van der Waals surface area (Å²) in [6, 6.07) is 0. The second kappa shape index (κ2) is 8.38. The van der Waals surface area contributed by atoms with E-state index >= 15 is 0 Å². The maximum Gasteiger partial charge on any atom is 0.220 e. The largest absolute Gasteiger partial charge is 0.355 e. The normalized spacial score (nSPS) is 10.5. The molecule has 4 heteroatoms. The summed E-state index contributed by atoms with van der Waals surface area (Å²) in [7, 11) is 4.00. The minimum atomic E-state index is 0.177. The van der Waals surface area contributed by atoms with Crippen LogP contribution in [0.5, 0.6) is 0 Å². The molecule has 3 nitrogen and oxygen atoms in total. The van der Waals surface area contributed by atoms with Crippen molar-refractivity contribution in [3.8, 4) is 0 Å². The Kier molecular flexibility index (Phi) is 8.24. The van der Waals surface area contributed by atoms with Crippen LogP contribution in [-0.2, 0) is 4.79 Å².